The van der Waals surface area contributed by atoms with Crippen LogP contribution in [0.15, 0.2) is 12.1 Å². The molecule has 3 nitrogen and oxygen atoms in total. The summed E-state index contributed by atoms with van der Waals surface area (Å²) in [6.07, 6.45) is 0.682. The van der Waals surface area contributed by atoms with Crippen molar-refractivity contribution in [1.82, 2.24) is 0 Å². The van der Waals surface area contributed by atoms with E-state index in [1.807, 2.05) is 20.8 Å². The molecule has 4 heteroatoms. The molecule has 19 heavy (non-hydrogen) atoms. The Bertz CT molecular complexity index is 506. The molecular weight excluding hydrogens is 245 g/mol. The van der Waals surface area contributed by atoms with Gasteiger partial charge in [-0.15, -0.1) is 0 Å². The smallest absolute Gasteiger partial charge is 0.224 e. The predicted octanol–water partition coefficient (Wildman–Crippen LogP) is 3.18. The number of carbonyl (C=O) groups excluding carboxylic acids is 1. The zero-order valence-corrected chi connectivity index (χ0v) is 11.6. The maximum atomic E-state index is 14.0. The molecule has 0 radical (unpaired) electrons. The van der Waals surface area contributed by atoms with Crippen LogP contribution in [-0.4, -0.2) is 11.0 Å². The van der Waals surface area contributed by atoms with Crippen LogP contribution in [0.25, 0.3) is 0 Å². The second kappa shape index (κ2) is 4.93. The fraction of sp³-hybridized carbons (Fsp3) is 0.533. The van der Waals surface area contributed by atoms with Gasteiger partial charge in [-0.1, -0.05) is 20.8 Å². The first-order valence-corrected chi connectivity index (χ1v) is 6.56. The first-order valence-electron chi connectivity index (χ1n) is 6.56. The monoisotopic (exact) mass is 265 g/mol. The largest absolute Gasteiger partial charge is 0.388 e. The summed E-state index contributed by atoms with van der Waals surface area (Å²) in [5.41, 5.74) is 1.67. The Labute approximate surface area is 112 Å². The molecule has 1 heterocycles. The number of nitrogens with one attached hydrogen (secondary N) is 1. The molecule has 1 aliphatic heterocycles. The van der Waals surface area contributed by atoms with Gasteiger partial charge < -0.3 is 10.4 Å². The molecule has 0 spiro atoms. The third-order valence-electron chi connectivity index (χ3n) is 3.28. The molecule has 1 unspecified atom stereocenters. The van der Waals surface area contributed by atoms with E-state index in [0.717, 1.165) is 5.56 Å². The quantitative estimate of drug-likeness (QED) is 0.862. The minimum absolute atomic E-state index is 0.0734. The van der Waals surface area contributed by atoms with Crippen LogP contribution in [0.4, 0.5) is 10.1 Å². The SMILES string of the molecule is CC(C)(C)CC(O)c1cc2c(cc1F)NC(=O)CC2. The lowest BCUT2D eigenvalue weighted by atomic mass is 9.86. The molecule has 0 bridgehead atoms. The predicted molar refractivity (Wildman–Crippen MR) is 72.4 cm³/mol. The van der Waals surface area contributed by atoms with E-state index in [-0.39, 0.29) is 11.3 Å². The third kappa shape index (κ3) is 3.32. The average Bonchev–Trinajstić information content (AvgIpc) is 2.25. The van der Waals surface area contributed by atoms with E-state index >= 15 is 0 Å². The lowest BCUT2D eigenvalue weighted by Crippen LogP contribution is -2.20. The van der Waals surface area contributed by atoms with Gasteiger partial charge in [-0.25, -0.2) is 4.39 Å². The van der Waals surface area contributed by atoms with Crippen LogP contribution in [-0.2, 0) is 11.2 Å². The molecule has 0 aliphatic carbocycles. The first-order chi connectivity index (χ1) is 8.76. The highest BCUT2D eigenvalue weighted by atomic mass is 19.1. The molecule has 0 saturated carbocycles. The number of hydrogen-bond acceptors (Lipinski definition) is 2. The molecule has 0 saturated heterocycles. The second-order valence-corrected chi connectivity index (χ2v) is 6.36. The summed E-state index contributed by atoms with van der Waals surface area (Å²) in [5, 5.41) is 12.8. The van der Waals surface area contributed by atoms with E-state index in [1.165, 1.54) is 6.07 Å². The van der Waals surface area contributed by atoms with E-state index in [2.05, 4.69) is 5.32 Å². The maximum absolute atomic E-state index is 14.0. The van der Waals surface area contributed by atoms with Crippen molar-refractivity contribution < 1.29 is 14.3 Å². The van der Waals surface area contributed by atoms with Gasteiger partial charge in [0.15, 0.2) is 0 Å². The van der Waals surface area contributed by atoms with Gasteiger partial charge in [0.1, 0.15) is 5.82 Å². The number of halogens is 1. The summed E-state index contributed by atoms with van der Waals surface area (Å²) in [6, 6.07) is 2.99. The zero-order chi connectivity index (χ0) is 14.2. The van der Waals surface area contributed by atoms with Gasteiger partial charge in [-0.3, -0.25) is 4.79 Å². The summed E-state index contributed by atoms with van der Waals surface area (Å²) < 4.78 is 14.0. The number of carbonyl (C=O) groups is 1. The van der Waals surface area contributed by atoms with Crippen LogP contribution >= 0.6 is 0 Å². The highest BCUT2D eigenvalue weighted by molar-refractivity contribution is 5.93. The normalized spacial score (nSPS) is 16.8. The maximum Gasteiger partial charge on any atom is 0.224 e. The summed E-state index contributed by atoms with van der Waals surface area (Å²) in [7, 11) is 0. The molecule has 104 valence electrons. The second-order valence-electron chi connectivity index (χ2n) is 6.36. The van der Waals surface area contributed by atoms with Gasteiger partial charge in [0.25, 0.3) is 0 Å². The molecule has 1 aromatic carbocycles. The number of aliphatic hydroxyl groups is 1. The Kier molecular flexibility index (Phi) is 3.63. The Morgan fingerprint density at radius 1 is 1.37 bits per heavy atom. The van der Waals surface area contributed by atoms with E-state index in [4.69, 9.17) is 0 Å². The molecule has 1 aliphatic rings. The van der Waals surface area contributed by atoms with E-state index in [0.29, 0.717) is 30.5 Å². The van der Waals surface area contributed by atoms with Crippen LogP contribution in [0.5, 0.6) is 0 Å². The molecule has 1 atom stereocenters. The molecule has 2 N–H and O–H groups in total. The summed E-state index contributed by atoms with van der Waals surface area (Å²) in [4.78, 5) is 11.3. The van der Waals surface area contributed by atoms with Crippen molar-refractivity contribution in [1.29, 1.82) is 0 Å². The number of aliphatic hydroxyl groups excluding tert-OH is 1. The van der Waals surface area contributed by atoms with Crippen LogP contribution in [0.3, 0.4) is 0 Å². The van der Waals surface area contributed by atoms with E-state index in [9.17, 15) is 14.3 Å². The summed E-state index contributed by atoms with van der Waals surface area (Å²) in [5.74, 6) is -0.549. The third-order valence-corrected chi connectivity index (χ3v) is 3.28. The molecular formula is C15H20FNO2. The van der Waals surface area contributed by atoms with Gasteiger partial charge in [0, 0.05) is 17.7 Å². The van der Waals surface area contributed by atoms with Gasteiger partial charge >= 0.3 is 0 Å². The summed E-state index contributed by atoms with van der Waals surface area (Å²) >= 11 is 0. The van der Waals surface area contributed by atoms with Crippen molar-refractivity contribution in [2.24, 2.45) is 5.41 Å². The minimum atomic E-state index is -0.817. The Balaban J connectivity index is 2.30. The Morgan fingerprint density at radius 3 is 2.68 bits per heavy atom. The van der Waals surface area contributed by atoms with Gasteiger partial charge in [0.05, 0.1) is 6.10 Å². The highest BCUT2D eigenvalue weighted by Gasteiger charge is 2.24. The standard InChI is InChI=1S/C15H20FNO2/c1-15(2,3)8-13(18)10-6-9-4-5-14(19)17-12(9)7-11(10)16/h6-7,13,18H,4-5,8H2,1-3H3,(H,17,19). The fourth-order valence-corrected chi connectivity index (χ4v) is 2.37. The van der Waals surface area contributed by atoms with Crippen LogP contribution in [0.2, 0.25) is 0 Å². The average molecular weight is 265 g/mol. The van der Waals surface area contributed by atoms with Crippen LogP contribution < -0.4 is 5.32 Å². The topological polar surface area (TPSA) is 49.3 Å². The number of anilines is 1. The van der Waals surface area contributed by atoms with Crippen molar-refractivity contribution in [2.45, 2.75) is 46.1 Å². The first kappa shape index (κ1) is 14.0. The van der Waals surface area contributed by atoms with Gasteiger partial charge in [-0.2, -0.15) is 0 Å². The van der Waals surface area contributed by atoms with Crippen molar-refractivity contribution in [3.8, 4) is 0 Å². The number of amides is 1. The van der Waals surface area contributed by atoms with Crippen molar-refractivity contribution in [3.05, 3.63) is 29.1 Å². The molecule has 1 amide bonds. The van der Waals surface area contributed by atoms with Crippen molar-refractivity contribution in [3.63, 3.8) is 0 Å². The Morgan fingerprint density at radius 2 is 2.05 bits per heavy atom. The van der Waals surface area contributed by atoms with Crippen LogP contribution in [0.1, 0.15) is 50.8 Å². The Hall–Kier alpha value is -1.42. The van der Waals surface area contributed by atoms with Gasteiger partial charge in [0.2, 0.25) is 5.91 Å². The minimum Gasteiger partial charge on any atom is -0.388 e. The summed E-state index contributed by atoms with van der Waals surface area (Å²) in [6.45, 7) is 6.02. The number of fused-ring (bicyclic) bond motifs is 1. The molecule has 2 rings (SSSR count). The number of hydrogen-bond donors (Lipinski definition) is 2. The number of benzene rings is 1. The lowest BCUT2D eigenvalue weighted by molar-refractivity contribution is -0.116. The van der Waals surface area contributed by atoms with Crippen molar-refractivity contribution >= 4 is 11.6 Å². The highest BCUT2D eigenvalue weighted by Crippen LogP contribution is 2.34. The number of aryl methyl sites for hydroxylation is 1. The van der Waals surface area contributed by atoms with Crippen molar-refractivity contribution in [2.75, 3.05) is 5.32 Å². The van der Waals surface area contributed by atoms with Gasteiger partial charge in [-0.05, 0) is 36.0 Å². The molecule has 0 aromatic heterocycles. The lowest BCUT2D eigenvalue weighted by Gasteiger charge is -2.24. The zero-order valence-electron chi connectivity index (χ0n) is 11.6. The molecule has 0 fully saturated rings. The number of rotatable bonds is 2. The van der Waals surface area contributed by atoms with E-state index < -0.39 is 11.9 Å². The fourth-order valence-electron chi connectivity index (χ4n) is 2.37. The van der Waals surface area contributed by atoms with Crippen LogP contribution in [0, 0.1) is 11.2 Å². The van der Waals surface area contributed by atoms with E-state index in [1.54, 1.807) is 6.07 Å². The molecule has 1 aromatic rings.